The van der Waals surface area contributed by atoms with Crippen LogP contribution in [-0.4, -0.2) is 3.21 Å². The van der Waals surface area contributed by atoms with Crippen LogP contribution in [0.5, 0.6) is 0 Å². The number of rotatable bonds is 2. The molecule has 0 unspecified atom stereocenters. The first-order valence-electron chi connectivity index (χ1n) is 13.0. The van der Waals surface area contributed by atoms with Gasteiger partial charge in [0.2, 0.25) is 0 Å². The van der Waals surface area contributed by atoms with Crippen LogP contribution in [0.4, 0.5) is 0 Å². The Bertz CT molecular complexity index is 1190. The van der Waals surface area contributed by atoms with E-state index in [1.54, 1.807) is 16.7 Å². The van der Waals surface area contributed by atoms with Gasteiger partial charge in [-0.15, -0.1) is 0 Å². The number of benzene rings is 2. The Balaban J connectivity index is 0.00000171. The average molecular weight is 587 g/mol. The molecule has 0 N–H and O–H groups in total. The van der Waals surface area contributed by atoms with Crippen LogP contribution >= 0.6 is 0 Å². The Hall–Kier alpha value is -0.747. The summed E-state index contributed by atoms with van der Waals surface area (Å²) in [7, 11) is 0. The Kier molecular flexibility index (Phi) is 9.00. The van der Waals surface area contributed by atoms with Gasteiger partial charge in [-0.1, -0.05) is 0 Å². The first-order valence-corrected chi connectivity index (χ1v) is 16.7. The van der Waals surface area contributed by atoms with Gasteiger partial charge in [0.1, 0.15) is 0 Å². The number of halogens is 2. The van der Waals surface area contributed by atoms with Crippen LogP contribution in [0.15, 0.2) is 51.8 Å². The van der Waals surface area contributed by atoms with Crippen molar-refractivity contribution in [2.45, 2.75) is 97.3 Å². The van der Waals surface area contributed by atoms with E-state index in [2.05, 4.69) is 90.1 Å². The fourth-order valence-electron chi connectivity index (χ4n) is 6.08. The third-order valence-corrected chi connectivity index (χ3v) is 16.0. The van der Waals surface area contributed by atoms with E-state index in [-0.39, 0.29) is 35.6 Å². The molecule has 0 radical (unpaired) electrons. The van der Waals surface area contributed by atoms with Gasteiger partial charge in [0, 0.05) is 0 Å². The number of hydrogen-bond donors (Lipinski definition) is 0. The third-order valence-electron chi connectivity index (χ3n) is 7.90. The van der Waals surface area contributed by atoms with Crippen LogP contribution in [0.25, 0.3) is 11.1 Å². The molecule has 0 aliphatic heterocycles. The normalized spacial score (nSPS) is 16.5. The van der Waals surface area contributed by atoms with E-state index in [1.807, 2.05) is 9.76 Å². The minimum absolute atomic E-state index is 0. The Morgan fingerprint density at radius 3 is 2.06 bits per heavy atom. The van der Waals surface area contributed by atoms with Crippen molar-refractivity contribution in [1.82, 2.24) is 0 Å². The topological polar surface area (TPSA) is 0 Å². The molecule has 0 atom stereocenters. The quantitative estimate of drug-likeness (QED) is 0.432. The molecule has 3 aliphatic rings. The van der Waals surface area contributed by atoms with Gasteiger partial charge in [0.25, 0.3) is 0 Å². The first kappa shape index (κ1) is 28.8. The van der Waals surface area contributed by atoms with Crippen molar-refractivity contribution in [3.8, 4) is 11.1 Å². The molecule has 35 heavy (non-hydrogen) atoms. The zero-order valence-electron chi connectivity index (χ0n) is 22.3. The molecule has 1 saturated carbocycles. The van der Waals surface area contributed by atoms with Crippen LogP contribution in [0.3, 0.4) is 0 Å². The van der Waals surface area contributed by atoms with Crippen LogP contribution in [0.1, 0.15) is 102 Å². The van der Waals surface area contributed by atoms with E-state index >= 15 is 0 Å². The smallest absolute Gasteiger partial charge is 1.00 e. The van der Waals surface area contributed by atoms with Gasteiger partial charge < -0.3 is 24.8 Å². The van der Waals surface area contributed by atoms with Gasteiger partial charge in [-0.25, -0.2) is 0 Å². The van der Waals surface area contributed by atoms with E-state index in [4.69, 9.17) is 0 Å². The zero-order chi connectivity index (χ0) is 23.4. The molecule has 2 aromatic carbocycles. The first-order chi connectivity index (χ1) is 15.6. The Morgan fingerprint density at radius 2 is 1.46 bits per heavy atom. The van der Waals surface area contributed by atoms with Crippen molar-refractivity contribution in [2.24, 2.45) is 0 Å². The molecule has 2 aromatic rings. The van der Waals surface area contributed by atoms with Crippen LogP contribution in [-0.2, 0) is 38.5 Å². The van der Waals surface area contributed by atoms with Gasteiger partial charge in [-0.2, -0.15) is 0 Å². The minimum atomic E-state index is -2.15. The van der Waals surface area contributed by atoms with Crippen molar-refractivity contribution >= 4 is 6.48 Å². The number of hydrogen-bond acceptors (Lipinski definition) is 0. The predicted octanol–water partition coefficient (Wildman–Crippen LogP) is 2.08. The molecule has 0 amide bonds. The van der Waals surface area contributed by atoms with E-state index in [0.29, 0.717) is 0 Å². The van der Waals surface area contributed by atoms with E-state index in [9.17, 15) is 0 Å². The molecule has 3 aliphatic carbocycles. The third kappa shape index (κ3) is 5.59. The Labute approximate surface area is 233 Å². The fourth-order valence-corrected chi connectivity index (χ4v) is 15.5. The van der Waals surface area contributed by atoms with Crippen molar-refractivity contribution in [3.63, 3.8) is 0 Å². The number of allylic oxidation sites excluding steroid dienone is 4. The van der Waals surface area contributed by atoms with Gasteiger partial charge in [0.15, 0.2) is 0 Å². The summed E-state index contributed by atoms with van der Waals surface area (Å²) in [5.41, 5.74) is 9.78. The van der Waals surface area contributed by atoms with Gasteiger partial charge in [-0.3, -0.25) is 0 Å². The summed E-state index contributed by atoms with van der Waals surface area (Å²) in [6.07, 6.45) is 16.6. The van der Waals surface area contributed by atoms with Crippen LogP contribution in [0.2, 0.25) is 0 Å². The predicted molar refractivity (Wildman–Crippen MR) is 142 cm³/mol. The summed E-state index contributed by atoms with van der Waals surface area (Å²) < 4.78 is 5.66. The molecule has 3 heteroatoms. The second-order valence-corrected chi connectivity index (χ2v) is 18.8. The van der Waals surface area contributed by atoms with Crippen molar-refractivity contribution in [1.29, 1.82) is 0 Å². The molecule has 0 spiro atoms. The van der Waals surface area contributed by atoms with Crippen molar-refractivity contribution < 1.29 is 46.1 Å². The second-order valence-electron chi connectivity index (χ2n) is 12.4. The average Bonchev–Trinajstić information content (AvgIpc) is 3.41. The molecule has 0 bridgehead atoms. The standard InChI is InChI=1S/C21H25.C6H10.C5H5.2ClH.Zr/c1-20(2,3)16-7-9-18-14(12-16)11-15-13-17(21(4,5)6)8-10-19(15)18;1-2-4-6-5-3-1;1-2-4-5-3-1;;;/h7-10,12H,11H2,1-6H3;1-5H2;1-3H,4H2;2*1H;/q;;;;;+2/p-2. The molecule has 186 valence electrons. The zero-order valence-corrected chi connectivity index (χ0v) is 26.3. The molecule has 5 rings (SSSR count). The summed E-state index contributed by atoms with van der Waals surface area (Å²) >= 11 is -2.15. The summed E-state index contributed by atoms with van der Waals surface area (Å²) in [5, 5.41) is 0. The maximum atomic E-state index is 2.52. The summed E-state index contributed by atoms with van der Waals surface area (Å²) in [4.78, 5) is 0. The SMILES string of the molecule is CC(C)(C)c1ccc2c(c1)Cc1c-2ccc(C(C)(C)C)[c]1[Zr+2]([C]1=CC=CC1)=[C]1CCCCC1.[Cl-].[Cl-]. The van der Waals surface area contributed by atoms with E-state index in [1.165, 1.54) is 55.2 Å². The fraction of sp³-hybridized carbons (Fsp3) is 0.469. The molecule has 0 aromatic heterocycles. The number of fused-ring (bicyclic) bond motifs is 3. The molecule has 1 fully saturated rings. The monoisotopic (exact) mass is 584 g/mol. The van der Waals surface area contributed by atoms with E-state index in [0.717, 1.165) is 6.42 Å². The maximum Gasteiger partial charge on any atom is -1.00 e. The largest absolute Gasteiger partial charge is 1.00 e. The second kappa shape index (κ2) is 10.9. The molecule has 0 nitrogen and oxygen atoms in total. The Morgan fingerprint density at radius 1 is 0.771 bits per heavy atom. The van der Waals surface area contributed by atoms with Gasteiger partial charge in [-0.05, 0) is 0 Å². The van der Waals surface area contributed by atoms with Gasteiger partial charge in [0.05, 0.1) is 0 Å². The molecule has 0 heterocycles. The molecular weight excluding hydrogens is 546 g/mol. The van der Waals surface area contributed by atoms with Crippen LogP contribution in [0, 0.1) is 0 Å². The van der Waals surface area contributed by atoms with Crippen LogP contribution < -0.4 is 28.1 Å². The summed E-state index contributed by atoms with van der Waals surface area (Å²) in [5.74, 6) is 0. The molecule has 0 saturated heterocycles. The van der Waals surface area contributed by atoms with Gasteiger partial charge >= 0.3 is 210 Å². The van der Waals surface area contributed by atoms with Crippen molar-refractivity contribution in [3.05, 3.63) is 74.1 Å². The van der Waals surface area contributed by atoms with E-state index < -0.39 is 21.3 Å². The van der Waals surface area contributed by atoms with Crippen molar-refractivity contribution in [2.75, 3.05) is 0 Å². The summed E-state index contributed by atoms with van der Waals surface area (Å²) in [6, 6.07) is 12.3. The molecular formula is C32H40Cl2Zr. The minimum Gasteiger partial charge on any atom is -1.00 e. The summed E-state index contributed by atoms with van der Waals surface area (Å²) in [6.45, 7) is 14.3. The maximum absolute atomic E-state index is 2.52.